The van der Waals surface area contributed by atoms with Crippen molar-refractivity contribution in [1.82, 2.24) is 4.98 Å². The highest BCUT2D eigenvalue weighted by Gasteiger charge is 2.07. The average Bonchev–Trinajstić information content (AvgIpc) is 2.34. The highest BCUT2D eigenvalue weighted by molar-refractivity contribution is 6.12. The molecule has 1 heterocycles. The highest BCUT2D eigenvalue weighted by Crippen LogP contribution is 2.10. The van der Waals surface area contributed by atoms with Crippen molar-refractivity contribution in [2.24, 2.45) is 5.16 Å². The van der Waals surface area contributed by atoms with Crippen LogP contribution in [0.15, 0.2) is 53.9 Å². The van der Waals surface area contributed by atoms with Gasteiger partial charge in [-0.15, -0.1) is 0 Å². The van der Waals surface area contributed by atoms with Gasteiger partial charge >= 0.3 is 0 Å². The van der Waals surface area contributed by atoms with E-state index in [1.54, 1.807) is 36.7 Å². The second-order valence-corrected chi connectivity index (χ2v) is 3.20. The quantitative estimate of drug-likeness (QED) is 0.476. The molecule has 80 valence electrons. The molecule has 3 nitrogen and oxygen atoms in total. The third kappa shape index (κ3) is 2.06. The molecule has 0 aliphatic rings. The average molecular weight is 216 g/mol. The molecule has 0 radical (unpaired) electrons. The summed E-state index contributed by atoms with van der Waals surface area (Å²) in [7, 11) is 0. The maximum Gasteiger partial charge on any atom is 0.123 e. The van der Waals surface area contributed by atoms with Gasteiger partial charge in [-0.05, 0) is 36.4 Å². The van der Waals surface area contributed by atoms with E-state index in [-0.39, 0.29) is 5.82 Å². The van der Waals surface area contributed by atoms with Crippen molar-refractivity contribution in [3.05, 3.63) is 65.7 Å². The largest absolute Gasteiger partial charge is 0.410 e. The predicted molar refractivity (Wildman–Crippen MR) is 58.1 cm³/mol. The maximum atomic E-state index is 12.7. The lowest BCUT2D eigenvalue weighted by Crippen LogP contribution is -2.03. The minimum atomic E-state index is -0.327. The summed E-state index contributed by atoms with van der Waals surface area (Å²) in [6.07, 6.45) is 3.21. The lowest BCUT2D eigenvalue weighted by molar-refractivity contribution is 0.319. The normalized spacial score (nSPS) is 11.4. The Kier molecular flexibility index (Phi) is 2.91. The molecule has 0 amide bonds. The van der Waals surface area contributed by atoms with Gasteiger partial charge in [0.15, 0.2) is 0 Å². The fourth-order valence-corrected chi connectivity index (χ4v) is 1.39. The molecule has 0 saturated carbocycles. The molecule has 0 atom stereocenters. The molecule has 16 heavy (non-hydrogen) atoms. The summed E-state index contributed by atoms with van der Waals surface area (Å²) >= 11 is 0. The van der Waals surface area contributed by atoms with Crippen LogP contribution in [0.2, 0.25) is 0 Å². The first-order valence-electron chi connectivity index (χ1n) is 4.69. The molecule has 2 rings (SSSR count). The zero-order chi connectivity index (χ0) is 11.4. The summed E-state index contributed by atoms with van der Waals surface area (Å²) in [5.41, 5.74) is 1.68. The Bertz CT molecular complexity index is 494. The lowest BCUT2D eigenvalue weighted by atomic mass is 10.0. The monoisotopic (exact) mass is 216 g/mol. The summed E-state index contributed by atoms with van der Waals surface area (Å²) in [5, 5.41) is 12.2. The van der Waals surface area contributed by atoms with Gasteiger partial charge in [0.1, 0.15) is 11.5 Å². The van der Waals surface area contributed by atoms with Crippen LogP contribution in [0, 0.1) is 5.82 Å². The summed E-state index contributed by atoms with van der Waals surface area (Å²) in [5.74, 6) is -0.327. The van der Waals surface area contributed by atoms with Crippen LogP contribution in [0.5, 0.6) is 0 Å². The van der Waals surface area contributed by atoms with Crippen molar-refractivity contribution in [2.45, 2.75) is 0 Å². The number of pyridine rings is 1. The van der Waals surface area contributed by atoms with E-state index in [1.165, 1.54) is 12.1 Å². The zero-order valence-electron chi connectivity index (χ0n) is 8.34. The molecule has 2 aromatic rings. The number of halogens is 1. The van der Waals surface area contributed by atoms with E-state index < -0.39 is 0 Å². The van der Waals surface area contributed by atoms with Gasteiger partial charge in [0.2, 0.25) is 0 Å². The van der Waals surface area contributed by atoms with Crippen LogP contribution in [0.25, 0.3) is 0 Å². The van der Waals surface area contributed by atoms with Gasteiger partial charge in [-0.25, -0.2) is 4.39 Å². The van der Waals surface area contributed by atoms with E-state index in [4.69, 9.17) is 5.21 Å². The van der Waals surface area contributed by atoms with E-state index in [0.29, 0.717) is 16.8 Å². The van der Waals surface area contributed by atoms with Crippen LogP contribution >= 0.6 is 0 Å². The number of hydrogen-bond acceptors (Lipinski definition) is 3. The van der Waals surface area contributed by atoms with E-state index in [1.807, 2.05) is 0 Å². The smallest absolute Gasteiger partial charge is 0.123 e. The summed E-state index contributed by atoms with van der Waals surface area (Å²) in [6.45, 7) is 0. The summed E-state index contributed by atoms with van der Waals surface area (Å²) < 4.78 is 12.7. The standard InChI is InChI=1S/C12H9FN2O/c13-11-5-3-9(4-6-11)12(15-16)10-2-1-7-14-8-10/h1-8,16H/b15-12-. The first-order valence-corrected chi connectivity index (χ1v) is 4.69. The van der Waals surface area contributed by atoms with Crippen molar-refractivity contribution < 1.29 is 9.60 Å². The molecule has 0 aliphatic heterocycles. The van der Waals surface area contributed by atoms with Crippen molar-refractivity contribution in [2.75, 3.05) is 0 Å². The van der Waals surface area contributed by atoms with Gasteiger partial charge in [-0.2, -0.15) is 0 Å². The fraction of sp³-hybridized carbons (Fsp3) is 0. The Labute approximate surface area is 91.9 Å². The zero-order valence-corrected chi connectivity index (χ0v) is 8.34. The molecule has 0 unspecified atom stereocenters. The van der Waals surface area contributed by atoms with Gasteiger partial charge in [0.25, 0.3) is 0 Å². The third-order valence-electron chi connectivity index (χ3n) is 2.15. The number of benzene rings is 1. The third-order valence-corrected chi connectivity index (χ3v) is 2.15. The number of aromatic nitrogens is 1. The summed E-state index contributed by atoms with van der Waals surface area (Å²) in [4.78, 5) is 3.93. The Balaban J connectivity index is 2.42. The van der Waals surface area contributed by atoms with E-state index in [9.17, 15) is 4.39 Å². The molecule has 4 heteroatoms. The first-order chi connectivity index (χ1) is 7.81. The van der Waals surface area contributed by atoms with Gasteiger partial charge in [-0.1, -0.05) is 5.16 Å². The van der Waals surface area contributed by atoms with E-state index in [0.717, 1.165) is 0 Å². The maximum absolute atomic E-state index is 12.7. The molecule has 1 N–H and O–H groups in total. The highest BCUT2D eigenvalue weighted by atomic mass is 19.1. The fourth-order valence-electron chi connectivity index (χ4n) is 1.39. The van der Waals surface area contributed by atoms with Gasteiger partial charge in [0, 0.05) is 23.5 Å². The molecule has 1 aromatic heterocycles. The van der Waals surface area contributed by atoms with Gasteiger partial charge < -0.3 is 5.21 Å². The minimum absolute atomic E-state index is 0.327. The second kappa shape index (κ2) is 4.53. The number of rotatable bonds is 2. The molecular formula is C12H9FN2O. The van der Waals surface area contributed by atoms with Crippen molar-refractivity contribution in [1.29, 1.82) is 0 Å². The molecule has 0 bridgehead atoms. The van der Waals surface area contributed by atoms with E-state index >= 15 is 0 Å². The Hall–Kier alpha value is -2.23. The predicted octanol–water partition coefficient (Wildman–Crippen LogP) is 2.45. The first kappa shape index (κ1) is 10.3. The van der Waals surface area contributed by atoms with Crippen molar-refractivity contribution in [3.63, 3.8) is 0 Å². The van der Waals surface area contributed by atoms with Crippen LogP contribution in [0.1, 0.15) is 11.1 Å². The molecule has 0 saturated heterocycles. The number of hydrogen-bond donors (Lipinski definition) is 1. The van der Waals surface area contributed by atoms with Gasteiger partial charge in [-0.3, -0.25) is 4.98 Å². The van der Waals surface area contributed by atoms with Crippen LogP contribution in [-0.4, -0.2) is 15.9 Å². The van der Waals surface area contributed by atoms with E-state index in [2.05, 4.69) is 10.1 Å². The lowest BCUT2D eigenvalue weighted by Gasteiger charge is -2.03. The Morgan fingerprint density at radius 2 is 1.88 bits per heavy atom. The summed E-state index contributed by atoms with van der Waals surface area (Å²) in [6, 6.07) is 9.25. The molecule has 1 aromatic carbocycles. The Morgan fingerprint density at radius 1 is 1.12 bits per heavy atom. The van der Waals surface area contributed by atoms with Crippen molar-refractivity contribution in [3.8, 4) is 0 Å². The van der Waals surface area contributed by atoms with Crippen LogP contribution in [0.3, 0.4) is 0 Å². The number of nitrogens with zero attached hydrogens (tertiary/aromatic N) is 2. The topological polar surface area (TPSA) is 45.5 Å². The second-order valence-electron chi connectivity index (χ2n) is 3.20. The van der Waals surface area contributed by atoms with Crippen molar-refractivity contribution >= 4 is 5.71 Å². The van der Waals surface area contributed by atoms with Gasteiger partial charge in [0.05, 0.1) is 0 Å². The van der Waals surface area contributed by atoms with Crippen LogP contribution < -0.4 is 0 Å². The molecule has 0 spiro atoms. The van der Waals surface area contributed by atoms with Crippen LogP contribution in [0.4, 0.5) is 4.39 Å². The molecule has 0 fully saturated rings. The van der Waals surface area contributed by atoms with Crippen LogP contribution in [-0.2, 0) is 0 Å². The molecule has 0 aliphatic carbocycles. The molecular weight excluding hydrogens is 207 g/mol. The number of oxime groups is 1. The Morgan fingerprint density at radius 3 is 2.44 bits per heavy atom. The minimum Gasteiger partial charge on any atom is -0.410 e. The SMILES string of the molecule is O/N=C(/c1ccc(F)cc1)c1cccnc1.